The molecule has 1 aliphatic rings. The van der Waals surface area contributed by atoms with E-state index >= 15 is 0 Å². The Morgan fingerprint density at radius 3 is 2.50 bits per heavy atom. The molecule has 140 valence electrons. The zero-order valence-electron chi connectivity index (χ0n) is 14.9. The van der Waals surface area contributed by atoms with Crippen LogP contribution in [0, 0.1) is 16.0 Å². The van der Waals surface area contributed by atoms with Crippen molar-refractivity contribution in [2.24, 2.45) is 5.92 Å². The number of hydrogen-bond donors (Lipinski definition) is 1. The monoisotopic (exact) mass is 375 g/mol. The fourth-order valence-corrected chi connectivity index (χ4v) is 3.46. The number of carbonyl (C=O) groups excluding carboxylic acids is 2. The number of nitrogens with zero attached hydrogens (tertiary/aromatic N) is 2. The zero-order valence-corrected chi connectivity index (χ0v) is 14.9. The van der Waals surface area contributed by atoms with Gasteiger partial charge in [-0.1, -0.05) is 36.4 Å². The van der Waals surface area contributed by atoms with Gasteiger partial charge in [-0.05, 0) is 23.6 Å². The Bertz CT molecular complexity index is 1070. The van der Waals surface area contributed by atoms with Gasteiger partial charge in [-0.2, -0.15) is 0 Å². The van der Waals surface area contributed by atoms with Crippen molar-refractivity contribution in [2.45, 2.75) is 6.42 Å². The fraction of sp³-hybridized carbons (Fsp3) is 0.143. The van der Waals surface area contributed by atoms with Gasteiger partial charge in [-0.25, -0.2) is 0 Å². The number of fused-ring (bicyclic) bond motifs is 1. The average Bonchev–Trinajstić information content (AvgIpc) is 3.10. The normalized spacial score (nSPS) is 16.4. The molecule has 0 aromatic heterocycles. The number of non-ortho nitro benzene ring substituents is 1. The summed E-state index contributed by atoms with van der Waals surface area (Å²) in [4.78, 5) is 36.9. The van der Waals surface area contributed by atoms with Gasteiger partial charge < -0.3 is 10.2 Å². The summed E-state index contributed by atoms with van der Waals surface area (Å²) in [6, 6.07) is 19.2. The number of rotatable bonds is 4. The molecule has 1 saturated heterocycles. The van der Waals surface area contributed by atoms with Crippen molar-refractivity contribution in [3.63, 3.8) is 0 Å². The number of hydrogen-bond acceptors (Lipinski definition) is 4. The van der Waals surface area contributed by atoms with Gasteiger partial charge in [0.25, 0.3) is 5.69 Å². The molecule has 3 aromatic rings. The molecule has 0 unspecified atom stereocenters. The second kappa shape index (κ2) is 7.11. The smallest absolute Gasteiger partial charge is 0.269 e. The third-order valence-corrected chi connectivity index (χ3v) is 4.92. The summed E-state index contributed by atoms with van der Waals surface area (Å²) in [7, 11) is 0. The molecule has 1 N–H and O–H groups in total. The molecule has 0 bridgehead atoms. The highest BCUT2D eigenvalue weighted by atomic mass is 16.6. The number of nitrogens with one attached hydrogen (secondary N) is 1. The summed E-state index contributed by atoms with van der Waals surface area (Å²) in [5, 5.41) is 15.7. The SMILES string of the molecule is O=C(Nc1cccc2ccccc12)[C@H]1CC(=O)N(c2ccc([N+](=O)[O-])cc2)C1. The van der Waals surface area contributed by atoms with Gasteiger partial charge in [0, 0.05) is 41.9 Å². The standard InChI is InChI=1S/C21H17N3O4/c25-20-12-15(13-23(20)16-8-10-17(11-9-16)24(27)28)21(26)22-19-7-3-5-14-4-1-2-6-18(14)19/h1-11,15H,12-13H2,(H,22,26)/t15-/m0/s1. The molecular formula is C21H17N3O4. The Kier molecular flexibility index (Phi) is 4.49. The van der Waals surface area contributed by atoms with Gasteiger partial charge in [-0.15, -0.1) is 0 Å². The van der Waals surface area contributed by atoms with Crippen LogP contribution in [0.3, 0.4) is 0 Å². The second-order valence-corrected chi connectivity index (χ2v) is 6.69. The molecule has 7 nitrogen and oxygen atoms in total. The Balaban J connectivity index is 1.50. The van der Waals surface area contributed by atoms with Crippen molar-refractivity contribution >= 4 is 39.6 Å². The van der Waals surface area contributed by atoms with Crippen LogP contribution in [0.2, 0.25) is 0 Å². The van der Waals surface area contributed by atoms with Gasteiger partial charge in [-0.3, -0.25) is 19.7 Å². The number of nitro groups is 1. The van der Waals surface area contributed by atoms with Crippen molar-refractivity contribution in [2.75, 3.05) is 16.8 Å². The van der Waals surface area contributed by atoms with Gasteiger partial charge >= 0.3 is 0 Å². The minimum atomic E-state index is -0.490. The summed E-state index contributed by atoms with van der Waals surface area (Å²) in [6.07, 6.45) is 0.105. The maximum absolute atomic E-state index is 12.7. The van der Waals surface area contributed by atoms with Crippen molar-refractivity contribution < 1.29 is 14.5 Å². The van der Waals surface area contributed by atoms with E-state index in [0.29, 0.717) is 11.4 Å². The molecule has 4 rings (SSSR count). The Morgan fingerprint density at radius 1 is 1.04 bits per heavy atom. The van der Waals surface area contributed by atoms with Crippen LogP contribution in [0.15, 0.2) is 66.7 Å². The van der Waals surface area contributed by atoms with E-state index in [-0.39, 0.29) is 30.5 Å². The van der Waals surface area contributed by atoms with Crippen LogP contribution < -0.4 is 10.2 Å². The molecule has 0 spiro atoms. The van der Waals surface area contributed by atoms with E-state index in [1.807, 2.05) is 42.5 Å². The molecule has 1 atom stereocenters. The van der Waals surface area contributed by atoms with Gasteiger partial charge in [0.15, 0.2) is 0 Å². The number of anilines is 2. The third kappa shape index (κ3) is 3.29. The molecular weight excluding hydrogens is 358 g/mol. The molecule has 1 aliphatic heterocycles. The van der Waals surface area contributed by atoms with Crippen LogP contribution >= 0.6 is 0 Å². The van der Waals surface area contributed by atoms with Crippen molar-refractivity contribution in [1.82, 2.24) is 0 Å². The third-order valence-electron chi connectivity index (χ3n) is 4.92. The van der Waals surface area contributed by atoms with Crippen LogP contribution in [0.1, 0.15) is 6.42 Å². The molecule has 2 amide bonds. The first-order chi connectivity index (χ1) is 13.5. The van der Waals surface area contributed by atoms with Gasteiger partial charge in [0.1, 0.15) is 0 Å². The highest BCUT2D eigenvalue weighted by Crippen LogP contribution is 2.29. The maximum atomic E-state index is 12.7. The van der Waals surface area contributed by atoms with Crippen molar-refractivity contribution in [3.05, 3.63) is 76.8 Å². The Labute approximate surface area is 160 Å². The predicted molar refractivity (Wildman–Crippen MR) is 106 cm³/mol. The highest BCUT2D eigenvalue weighted by molar-refractivity contribution is 6.07. The number of nitro benzene ring substituents is 1. The molecule has 28 heavy (non-hydrogen) atoms. The number of benzene rings is 3. The largest absolute Gasteiger partial charge is 0.325 e. The molecule has 7 heteroatoms. The van der Waals surface area contributed by atoms with Crippen LogP contribution in [-0.2, 0) is 9.59 Å². The topological polar surface area (TPSA) is 92.6 Å². The van der Waals surface area contributed by atoms with Gasteiger partial charge in [0.2, 0.25) is 11.8 Å². The summed E-state index contributed by atoms with van der Waals surface area (Å²) in [6.45, 7) is 0.243. The van der Waals surface area contributed by atoms with Crippen LogP contribution in [0.4, 0.5) is 17.1 Å². The van der Waals surface area contributed by atoms with E-state index in [1.165, 1.54) is 29.2 Å². The second-order valence-electron chi connectivity index (χ2n) is 6.69. The van der Waals surface area contributed by atoms with E-state index in [1.54, 1.807) is 0 Å². The van der Waals surface area contributed by atoms with Crippen LogP contribution in [-0.4, -0.2) is 23.3 Å². The quantitative estimate of drug-likeness (QED) is 0.555. The first-order valence-corrected chi connectivity index (χ1v) is 8.86. The highest BCUT2D eigenvalue weighted by Gasteiger charge is 2.35. The van der Waals surface area contributed by atoms with E-state index in [0.717, 1.165) is 10.8 Å². The summed E-state index contributed by atoms with van der Waals surface area (Å²) >= 11 is 0. The average molecular weight is 375 g/mol. The van der Waals surface area contributed by atoms with Crippen LogP contribution in [0.25, 0.3) is 10.8 Å². The fourth-order valence-electron chi connectivity index (χ4n) is 3.46. The summed E-state index contributed by atoms with van der Waals surface area (Å²) < 4.78 is 0. The van der Waals surface area contributed by atoms with E-state index in [4.69, 9.17) is 0 Å². The number of amides is 2. The molecule has 3 aromatic carbocycles. The van der Waals surface area contributed by atoms with E-state index < -0.39 is 10.8 Å². The van der Waals surface area contributed by atoms with Crippen molar-refractivity contribution in [3.8, 4) is 0 Å². The lowest BCUT2D eigenvalue weighted by molar-refractivity contribution is -0.384. The van der Waals surface area contributed by atoms with Gasteiger partial charge in [0.05, 0.1) is 10.8 Å². The Morgan fingerprint density at radius 2 is 1.75 bits per heavy atom. The zero-order chi connectivity index (χ0) is 19.7. The maximum Gasteiger partial charge on any atom is 0.269 e. The summed E-state index contributed by atoms with van der Waals surface area (Å²) in [5.41, 5.74) is 1.22. The molecule has 1 fully saturated rings. The molecule has 0 saturated carbocycles. The lowest BCUT2D eigenvalue weighted by Gasteiger charge is -2.17. The molecule has 0 radical (unpaired) electrons. The van der Waals surface area contributed by atoms with Crippen LogP contribution in [0.5, 0.6) is 0 Å². The van der Waals surface area contributed by atoms with E-state index in [9.17, 15) is 19.7 Å². The summed E-state index contributed by atoms with van der Waals surface area (Å²) in [5.74, 6) is -0.873. The van der Waals surface area contributed by atoms with Crippen molar-refractivity contribution in [1.29, 1.82) is 0 Å². The first-order valence-electron chi connectivity index (χ1n) is 8.86. The molecule has 0 aliphatic carbocycles. The molecule has 1 heterocycles. The first kappa shape index (κ1) is 17.7. The van der Waals surface area contributed by atoms with E-state index in [2.05, 4.69) is 5.32 Å². The Hall–Kier alpha value is -3.74. The predicted octanol–water partition coefficient (Wildman–Crippen LogP) is 3.74. The lowest BCUT2D eigenvalue weighted by atomic mass is 10.1. The lowest BCUT2D eigenvalue weighted by Crippen LogP contribution is -2.28. The number of carbonyl (C=O) groups is 2. The minimum absolute atomic E-state index is 0.0411. The minimum Gasteiger partial charge on any atom is -0.325 e.